The van der Waals surface area contributed by atoms with Crippen molar-refractivity contribution in [2.24, 2.45) is 0 Å². The molecule has 0 atom stereocenters. The average Bonchev–Trinajstić information content (AvgIpc) is 2.12. The van der Waals surface area contributed by atoms with E-state index in [1.165, 1.54) is 12.1 Å². The molecule has 0 radical (unpaired) electrons. The topological polar surface area (TPSA) is 69.6 Å². The van der Waals surface area contributed by atoms with E-state index in [2.05, 4.69) is 5.32 Å². The molecule has 0 aliphatic rings. The average molecular weight is 230 g/mol. The van der Waals surface area contributed by atoms with Crippen molar-refractivity contribution in [2.45, 2.75) is 19.9 Å². The fraction of sp³-hybridized carbons (Fsp3) is 0.300. The van der Waals surface area contributed by atoms with E-state index >= 15 is 0 Å². The van der Waals surface area contributed by atoms with Gasteiger partial charge in [-0.3, -0.25) is 4.79 Å². The van der Waals surface area contributed by atoms with Crippen molar-refractivity contribution < 1.29 is 15.0 Å². The third kappa shape index (κ3) is 2.76. The fourth-order valence-electron chi connectivity index (χ4n) is 1.06. The lowest BCUT2D eigenvalue weighted by Crippen LogP contribution is -2.29. The van der Waals surface area contributed by atoms with Crippen LogP contribution in [0.25, 0.3) is 0 Å². The molecule has 0 aliphatic carbocycles. The van der Waals surface area contributed by atoms with E-state index in [1.54, 1.807) is 0 Å². The molecule has 0 saturated heterocycles. The van der Waals surface area contributed by atoms with Crippen LogP contribution in [0.2, 0.25) is 5.02 Å². The number of rotatable bonds is 2. The monoisotopic (exact) mass is 229 g/mol. The van der Waals surface area contributed by atoms with E-state index in [1.807, 2.05) is 13.8 Å². The number of amides is 1. The highest BCUT2D eigenvalue weighted by Crippen LogP contribution is 2.33. The predicted octanol–water partition coefficient (Wildman–Crippen LogP) is 1.89. The van der Waals surface area contributed by atoms with Crippen LogP contribution in [0.3, 0.4) is 0 Å². The lowest BCUT2D eigenvalue weighted by atomic mass is 10.2. The first-order valence-electron chi connectivity index (χ1n) is 4.44. The highest BCUT2D eigenvalue weighted by molar-refractivity contribution is 6.32. The molecule has 0 aliphatic heterocycles. The largest absolute Gasteiger partial charge is 0.504 e. The second-order valence-corrected chi connectivity index (χ2v) is 3.86. The zero-order valence-electron chi connectivity index (χ0n) is 8.41. The smallest absolute Gasteiger partial charge is 0.251 e. The van der Waals surface area contributed by atoms with E-state index in [0.717, 1.165) is 0 Å². The number of carbonyl (C=O) groups is 1. The molecule has 0 bridgehead atoms. The molecule has 0 fully saturated rings. The van der Waals surface area contributed by atoms with Crippen molar-refractivity contribution in [1.82, 2.24) is 5.32 Å². The van der Waals surface area contributed by atoms with Crippen molar-refractivity contribution in [1.29, 1.82) is 0 Å². The van der Waals surface area contributed by atoms with Crippen LogP contribution >= 0.6 is 11.6 Å². The van der Waals surface area contributed by atoms with Gasteiger partial charge in [0.25, 0.3) is 5.91 Å². The number of nitrogens with one attached hydrogen (secondary N) is 1. The molecule has 0 heterocycles. The van der Waals surface area contributed by atoms with Gasteiger partial charge in [0.2, 0.25) is 0 Å². The molecule has 0 aromatic heterocycles. The highest BCUT2D eigenvalue weighted by atomic mass is 35.5. The van der Waals surface area contributed by atoms with Crippen LogP contribution in [-0.2, 0) is 0 Å². The second-order valence-electron chi connectivity index (χ2n) is 3.45. The Balaban J connectivity index is 3.01. The normalized spacial score (nSPS) is 10.4. The Morgan fingerprint density at radius 1 is 1.40 bits per heavy atom. The van der Waals surface area contributed by atoms with Gasteiger partial charge < -0.3 is 15.5 Å². The Morgan fingerprint density at radius 3 is 2.47 bits per heavy atom. The summed E-state index contributed by atoms with van der Waals surface area (Å²) in [7, 11) is 0. The van der Waals surface area contributed by atoms with Crippen LogP contribution in [0, 0.1) is 0 Å². The van der Waals surface area contributed by atoms with Gasteiger partial charge in [0.05, 0.1) is 5.02 Å². The van der Waals surface area contributed by atoms with Crippen LogP contribution < -0.4 is 5.32 Å². The van der Waals surface area contributed by atoms with Crippen molar-refractivity contribution in [3.05, 3.63) is 22.7 Å². The summed E-state index contributed by atoms with van der Waals surface area (Å²) in [6, 6.07) is 2.46. The van der Waals surface area contributed by atoms with Crippen LogP contribution in [0.15, 0.2) is 12.1 Å². The first-order valence-corrected chi connectivity index (χ1v) is 4.82. The quantitative estimate of drug-likeness (QED) is 0.679. The summed E-state index contributed by atoms with van der Waals surface area (Å²) in [6.07, 6.45) is 0. The molecule has 0 saturated carbocycles. The number of aromatic hydroxyl groups is 2. The molecule has 82 valence electrons. The van der Waals surface area contributed by atoms with Gasteiger partial charge in [-0.2, -0.15) is 0 Å². The summed E-state index contributed by atoms with van der Waals surface area (Å²) < 4.78 is 0. The zero-order chi connectivity index (χ0) is 11.6. The minimum atomic E-state index is -0.419. The Kier molecular flexibility index (Phi) is 3.42. The number of phenolic OH excluding ortho intramolecular Hbond substituents is 2. The van der Waals surface area contributed by atoms with Crippen molar-refractivity contribution in [3.63, 3.8) is 0 Å². The van der Waals surface area contributed by atoms with Crippen LogP contribution in [0.1, 0.15) is 24.2 Å². The van der Waals surface area contributed by atoms with Gasteiger partial charge in [0, 0.05) is 11.6 Å². The number of hydrogen-bond acceptors (Lipinski definition) is 3. The standard InChI is InChI=1S/C10H12ClNO3/c1-5(2)12-10(15)6-3-7(11)9(14)8(13)4-6/h3-5,13-14H,1-2H3,(H,12,15). The van der Waals surface area contributed by atoms with E-state index < -0.39 is 11.5 Å². The summed E-state index contributed by atoms with van der Waals surface area (Å²) in [6.45, 7) is 3.64. The lowest BCUT2D eigenvalue weighted by molar-refractivity contribution is 0.0942. The Hall–Kier alpha value is -1.42. The third-order valence-corrected chi connectivity index (χ3v) is 2.01. The Bertz CT molecular complexity index is 367. The molecule has 1 amide bonds. The lowest BCUT2D eigenvalue weighted by Gasteiger charge is -2.09. The molecule has 1 aromatic carbocycles. The molecule has 15 heavy (non-hydrogen) atoms. The van der Waals surface area contributed by atoms with Crippen molar-refractivity contribution >= 4 is 17.5 Å². The first kappa shape index (κ1) is 11.7. The Labute approximate surface area is 92.5 Å². The number of halogens is 1. The van der Waals surface area contributed by atoms with Crippen LogP contribution in [0.5, 0.6) is 11.5 Å². The number of carbonyl (C=O) groups excluding carboxylic acids is 1. The van der Waals surface area contributed by atoms with E-state index in [0.29, 0.717) is 0 Å². The summed E-state index contributed by atoms with van der Waals surface area (Å²) in [4.78, 5) is 11.5. The summed E-state index contributed by atoms with van der Waals surface area (Å²) >= 11 is 5.61. The molecular formula is C10H12ClNO3. The SMILES string of the molecule is CC(C)NC(=O)c1cc(O)c(O)c(Cl)c1. The van der Waals surface area contributed by atoms with Crippen LogP contribution in [-0.4, -0.2) is 22.2 Å². The van der Waals surface area contributed by atoms with Gasteiger partial charge in [0.1, 0.15) is 0 Å². The van der Waals surface area contributed by atoms with E-state index in [4.69, 9.17) is 11.6 Å². The molecule has 1 rings (SSSR count). The minimum Gasteiger partial charge on any atom is -0.504 e. The molecule has 3 N–H and O–H groups in total. The third-order valence-electron chi connectivity index (χ3n) is 1.73. The van der Waals surface area contributed by atoms with E-state index in [-0.39, 0.29) is 22.5 Å². The molecule has 0 spiro atoms. The minimum absolute atomic E-state index is 0.00720. The van der Waals surface area contributed by atoms with Crippen molar-refractivity contribution in [2.75, 3.05) is 0 Å². The second kappa shape index (κ2) is 4.40. The predicted molar refractivity (Wildman–Crippen MR) is 57.4 cm³/mol. The maximum Gasteiger partial charge on any atom is 0.251 e. The van der Waals surface area contributed by atoms with Gasteiger partial charge in [-0.05, 0) is 26.0 Å². The maximum atomic E-state index is 11.5. The van der Waals surface area contributed by atoms with Gasteiger partial charge in [0.15, 0.2) is 11.5 Å². The maximum absolute atomic E-state index is 11.5. The molecule has 4 nitrogen and oxygen atoms in total. The molecule has 0 unspecified atom stereocenters. The summed E-state index contributed by atoms with van der Waals surface area (Å²) in [5, 5.41) is 21.0. The Morgan fingerprint density at radius 2 is 2.00 bits per heavy atom. The zero-order valence-corrected chi connectivity index (χ0v) is 9.17. The van der Waals surface area contributed by atoms with Gasteiger partial charge in [-0.25, -0.2) is 0 Å². The fourth-order valence-corrected chi connectivity index (χ4v) is 1.28. The number of benzene rings is 1. The highest BCUT2D eigenvalue weighted by Gasteiger charge is 2.13. The van der Waals surface area contributed by atoms with Gasteiger partial charge in [-0.15, -0.1) is 0 Å². The molecule has 1 aromatic rings. The molecule has 5 heteroatoms. The van der Waals surface area contributed by atoms with Gasteiger partial charge in [-0.1, -0.05) is 11.6 Å². The molecular weight excluding hydrogens is 218 g/mol. The van der Waals surface area contributed by atoms with Gasteiger partial charge >= 0.3 is 0 Å². The number of hydrogen-bond donors (Lipinski definition) is 3. The van der Waals surface area contributed by atoms with E-state index in [9.17, 15) is 15.0 Å². The van der Waals surface area contributed by atoms with Crippen LogP contribution in [0.4, 0.5) is 0 Å². The first-order chi connectivity index (χ1) is 6.91. The summed E-state index contributed by atoms with van der Waals surface area (Å²) in [5.74, 6) is -1.17. The summed E-state index contributed by atoms with van der Waals surface area (Å²) in [5.41, 5.74) is 0.212. The van der Waals surface area contributed by atoms with Crippen molar-refractivity contribution in [3.8, 4) is 11.5 Å². The number of phenols is 2.